The lowest BCUT2D eigenvalue weighted by atomic mass is 9.84. The summed E-state index contributed by atoms with van der Waals surface area (Å²) in [6.45, 7) is 8.50. The van der Waals surface area contributed by atoms with Crippen molar-refractivity contribution in [2.45, 2.75) is 154 Å². The van der Waals surface area contributed by atoms with Crippen LogP contribution in [-0.2, 0) is 32.3 Å². The molecular formula is C52H64Cl2N8O8. The molecule has 0 radical (unpaired) electrons. The molecule has 10 rings (SSSR count). The van der Waals surface area contributed by atoms with E-state index in [1.54, 1.807) is 0 Å². The average Bonchev–Trinajstić information content (AvgIpc) is 4.17. The molecule has 70 heavy (non-hydrogen) atoms. The number of fused-ring (bicyclic) bond motifs is 2. The van der Waals surface area contributed by atoms with Gasteiger partial charge in [0.25, 0.3) is 0 Å². The molecule has 0 spiro atoms. The number of imidazole rings is 2. The molecule has 16 nitrogen and oxygen atoms in total. The zero-order valence-corrected chi connectivity index (χ0v) is 42.3. The van der Waals surface area contributed by atoms with Crippen LogP contribution < -0.4 is 20.1 Å². The van der Waals surface area contributed by atoms with Gasteiger partial charge in [0, 0.05) is 45.5 Å². The van der Waals surface area contributed by atoms with E-state index in [4.69, 9.17) is 52.1 Å². The number of methoxy groups -OCH3 is 2. The summed E-state index contributed by atoms with van der Waals surface area (Å²) in [7, 11) is 2.62. The second-order valence-corrected chi connectivity index (χ2v) is 21.1. The van der Waals surface area contributed by atoms with Gasteiger partial charge in [-0.3, -0.25) is 9.59 Å². The lowest BCUT2D eigenvalue weighted by molar-refractivity contribution is -0.139. The molecule has 0 bridgehead atoms. The lowest BCUT2D eigenvalue weighted by Gasteiger charge is -2.37. The van der Waals surface area contributed by atoms with Gasteiger partial charge in [-0.15, -0.1) is 0 Å². The molecule has 4 amide bonds. The quantitative estimate of drug-likeness (QED) is 0.106. The molecular weight excluding hydrogens is 936 g/mol. The van der Waals surface area contributed by atoms with Crippen LogP contribution in [0.5, 0.6) is 11.5 Å². The van der Waals surface area contributed by atoms with Crippen LogP contribution in [0.15, 0.2) is 24.3 Å². The summed E-state index contributed by atoms with van der Waals surface area (Å²) in [5.41, 5.74) is 6.38. The number of aromatic nitrogens is 4. The number of rotatable bonds is 12. The van der Waals surface area contributed by atoms with Gasteiger partial charge >= 0.3 is 12.2 Å². The second kappa shape index (κ2) is 19.6. The molecule has 2 aromatic heterocycles. The predicted octanol–water partition coefficient (Wildman–Crippen LogP) is 10.4. The first-order valence-electron chi connectivity index (χ1n) is 25.3. The van der Waals surface area contributed by atoms with Crippen molar-refractivity contribution in [2.24, 2.45) is 23.7 Å². The summed E-state index contributed by atoms with van der Waals surface area (Å²) in [4.78, 5) is 75.1. The Morgan fingerprint density at radius 3 is 1.46 bits per heavy atom. The maximum atomic E-state index is 14.6. The summed E-state index contributed by atoms with van der Waals surface area (Å²) in [6, 6.07) is 5.93. The van der Waals surface area contributed by atoms with Crippen LogP contribution in [-0.4, -0.2) is 92.1 Å². The van der Waals surface area contributed by atoms with Crippen LogP contribution in [0.1, 0.15) is 140 Å². The number of likely N-dealkylation sites (tertiary alicyclic amines) is 2. The van der Waals surface area contributed by atoms with Crippen molar-refractivity contribution in [3.8, 4) is 45.1 Å². The summed E-state index contributed by atoms with van der Waals surface area (Å²) in [5.74, 6) is 2.76. The lowest BCUT2D eigenvalue weighted by Crippen LogP contribution is -2.54. The van der Waals surface area contributed by atoms with E-state index in [-0.39, 0.29) is 61.0 Å². The van der Waals surface area contributed by atoms with E-state index < -0.39 is 24.3 Å². The van der Waals surface area contributed by atoms with Gasteiger partial charge in [0.15, 0.2) is 0 Å². The van der Waals surface area contributed by atoms with Crippen molar-refractivity contribution in [1.82, 2.24) is 40.4 Å². The predicted molar refractivity (Wildman–Crippen MR) is 263 cm³/mol. The van der Waals surface area contributed by atoms with E-state index in [0.29, 0.717) is 69.5 Å². The molecule has 0 unspecified atom stereocenters. The molecule has 6 heterocycles. The number of amides is 4. The number of hydrogen-bond donors (Lipinski definition) is 4. The molecule has 10 atom stereocenters. The van der Waals surface area contributed by atoms with Crippen LogP contribution in [0, 0.1) is 23.7 Å². The van der Waals surface area contributed by atoms with Gasteiger partial charge < -0.3 is 49.3 Å². The molecule has 4 fully saturated rings. The van der Waals surface area contributed by atoms with Crippen LogP contribution in [0.4, 0.5) is 9.59 Å². The largest absolute Gasteiger partial charge is 0.488 e. The highest BCUT2D eigenvalue weighted by Gasteiger charge is 2.50. The van der Waals surface area contributed by atoms with Crippen molar-refractivity contribution in [2.75, 3.05) is 14.2 Å². The molecule has 4 N–H and O–H groups in total. The Bertz CT molecular complexity index is 2460. The Hall–Kier alpha value is -5.48. The summed E-state index contributed by atoms with van der Waals surface area (Å²) >= 11 is 14.1. The van der Waals surface area contributed by atoms with Crippen LogP contribution in [0.3, 0.4) is 0 Å². The molecule has 4 aromatic rings. The number of aromatic amines is 2. The van der Waals surface area contributed by atoms with Gasteiger partial charge in [-0.05, 0) is 86.5 Å². The molecule has 4 aliphatic heterocycles. The van der Waals surface area contributed by atoms with E-state index in [1.807, 2.05) is 61.8 Å². The Kier molecular flexibility index (Phi) is 13.5. The van der Waals surface area contributed by atoms with Gasteiger partial charge in [-0.25, -0.2) is 19.6 Å². The Labute approximate surface area is 418 Å². The zero-order chi connectivity index (χ0) is 49.1. The van der Waals surface area contributed by atoms with Crippen molar-refractivity contribution < 1.29 is 38.1 Å². The average molecular weight is 1000 g/mol. The smallest absolute Gasteiger partial charge is 0.407 e. The van der Waals surface area contributed by atoms with Gasteiger partial charge in [0.2, 0.25) is 11.8 Å². The third kappa shape index (κ3) is 8.53. The van der Waals surface area contributed by atoms with E-state index in [1.165, 1.54) is 14.2 Å². The number of halogens is 2. The minimum Gasteiger partial charge on any atom is -0.488 e. The normalized spacial score (nSPS) is 24.7. The van der Waals surface area contributed by atoms with Gasteiger partial charge in [0.05, 0.1) is 26.3 Å². The number of benzene rings is 2. The first kappa shape index (κ1) is 48.2. The summed E-state index contributed by atoms with van der Waals surface area (Å²) in [6.07, 6.45) is 9.77. The van der Waals surface area contributed by atoms with Gasteiger partial charge in [-0.2, -0.15) is 0 Å². The highest BCUT2D eigenvalue weighted by atomic mass is 35.5. The molecule has 2 saturated heterocycles. The van der Waals surface area contributed by atoms with E-state index in [9.17, 15) is 19.2 Å². The second-order valence-electron chi connectivity index (χ2n) is 20.4. The molecule has 2 saturated carbocycles. The Morgan fingerprint density at radius 1 is 0.671 bits per heavy atom. The Morgan fingerprint density at radius 2 is 1.07 bits per heavy atom. The number of ether oxygens (including phenoxy) is 4. The van der Waals surface area contributed by atoms with Crippen LogP contribution in [0.25, 0.3) is 33.6 Å². The number of H-pyrrole nitrogens is 2. The summed E-state index contributed by atoms with van der Waals surface area (Å²) < 4.78 is 23.0. The number of carbonyl (C=O) groups is 4. The number of nitrogens with one attached hydrogen (secondary N) is 4. The zero-order valence-electron chi connectivity index (χ0n) is 40.8. The number of alkyl carbamates (subject to hydrolysis) is 2. The van der Waals surface area contributed by atoms with E-state index in [0.717, 1.165) is 97.6 Å². The van der Waals surface area contributed by atoms with E-state index >= 15 is 0 Å². The highest BCUT2D eigenvalue weighted by molar-refractivity contribution is 6.32. The first-order valence-corrected chi connectivity index (χ1v) is 26.0. The minimum absolute atomic E-state index is 0.0347. The third-order valence-corrected chi connectivity index (χ3v) is 17.0. The van der Waals surface area contributed by atoms with Crippen molar-refractivity contribution in [3.63, 3.8) is 0 Å². The van der Waals surface area contributed by atoms with E-state index in [2.05, 4.69) is 20.6 Å². The standard InChI is InChI=1S/C52H64Cl2N8O8/c1-7-25(3)41(57-51(65)67-5)49(63)61-33-15-11-9-13-27(33)19-35(61)47-55-43(45(53)59-47)29-17-31-23-70-38-22-30(18-32-24-69-37(21-29)39(31)40(32)38)44-46(54)60-48(56-44)36-20-28-14-10-12-16-34(28)62(36)50(64)42(26(4)8-2)58-52(66)68-6/h17-18,21-22,25-28,33-36,41-42H,7-16,19-20,23-24H2,1-6H3,(H,55,59)(H,56,60)(H,57,65)(H,58,66)/t25-,26-,27-,28-,33-,34-,35-,36-,41-,42-/m0/s1. The van der Waals surface area contributed by atoms with Crippen LogP contribution >= 0.6 is 23.2 Å². The van der Waals surface area contributed by atoms with Gasteiger partial charge in [0.1, 0.15) is 70.1 Å². The highest BCUT2D eigenvalue weighted by Crippen LogP contribution is 2.53. The van der Waals surface area contributed by atoms with Gasteiger partial charge in [-0.1, -0.05) is 89.4 Å². The molecule has 2 aliphatic carbocycles. The van der Waals surface area contributed by atoms with Crippen molar-refractivity contribution >= 4 is 47.2 Å². The fourth-order valence-corrected chi connectivity index (χ4v) is 13.0. The first-order chi connectivity index (χ1) is 33.8. The third-order valence-electron chi connectivity index (χ3n) is 16.5. The van der Waals surface area contributed by atoms with Crippen molar-refractivity contribution in [3.05, 3.63) is 57.3 Å². The fourth-order valence-electron chi connectivity index (χ4n) is 12.5. The maximum absolute atomic E-state index is 14.6. The summed E-state index contributed by atoms with van der Waals surface area (Å²) in [5, 5.41) is 6.40. The Balaban J connectivity index is 0.938. The monoisotopic (exact) mass is 998 g/mol. The number of carbonyl (C=O) groups excluding carboxylic acids is 4. The molecule has 2 aromatic carbocycles. The molecule has 374 valence electrons. The fraction of sp³-hybridized carbons (Fsp3) is 0.577. The topological polar surface area (TPSA) is 193 Å². The molecule has 6 aliphatic rings. The number of hydrogen-bond acceptors (Lipinski definition) is 10. The van der Waals surface area contributed by atoms with Crippen molar-refractivity contribution in [1.29, 1.82) is 0 Å². The minimum atomic E-state index is -0.745. The molecule has 18 heteroatoms. The van der Waals surface area contributed by atoms with Crippen LogP contribution in [0.2, 0.25) is 10.3 Å². The maximum Gasteiger partial charge on any atom is 0.407 e. The number of nitrogens with zero attached hydrogens (tertiary/aromatic N) is 4. The SMILES string of the molecule is CC[C@H](C)[C@H](NC(=O)OC)C(=O)N1[C@H](c2nc(-c3cc4c5c(c3)OCc3cc(-c6nc([C@@H]7C[C@@H]8CCCC[C@@H]8N7C(=O)[C@@H](NC(=O)OC)[C@@H](C)CC)[nH]c6Cl)cc(c3-5)OC4)c(Cl)[nH]2)C[C@@H]2CCCC[C@@H]21.